The first-order valence-electron chi connectivity index (χ1n) is 12.4. The van der Waals surface area contributed by atoms with Gasteiger partial charge in [0.1, 0.15) is 11.5 Å². The molecule has 7 nitrogen and oxygen atoms in total. The minimum atomic E-state index is -0.890. The van der Waals surface area contributed by atoms with Crippen LogP contribution in [-0.2, 0) is 15.3 Å². The van der Waals surface area contributed by atoms with E-state index in [0.29, 0.717) is 38.6 Å². The van der Waals surface area contributed by atoms with E-state index in [1.807, 2.05) is 43.3 Å². The average molecular weight is 657 g/mol. The number of hydrogen-bond acceptors (Lipinski definition) is 8. The number of nitrogens with zero attached hydrogens (tertiary/aromatic N) is 3. The molecule has 0 radical (unpaired) electrons. The van der Waals surface area contributed by atoms with Gasteiger partial charge in [0, 0.05) is 20.8 Å². The number of hydrogen-bond donors (Lipinski definition) is 1. The van der Waals surface area contributed by atoms with Crippen LogP contribution in [0.4, 0.5) is 5.13 Å². The molecule has 0 spiro atoms. The van der Waals surface area contributed by atoms with Crippen LogP contribution >= 0.6 is 50.6 Å². The fourth-order valence-corrected chi connectivity index (χ4v) is 6.61. The summed E-state index contributed by atoms with van der Waals surface area (Å²) >= 11 is 12.4. The van der Waals surface area contributed by atoms with E-state index in [9.17, 15) is 14.7 Å². The maximum atomic E-state index is 13.4. The minimum absolute atomic E-state index is 0.0185. The van der Waals surface area contributed by atoms with Gasteiger partial charge < -0.3 is 9.84 Å². The molecule has 0 bridgehead atoms. The Bertz CT molecular complexity index is 1570. The summed E-state index contributed by atoms with van der Waals surface area (Å²) in [6.45, 7) is 2.58. The molecule has 1 aliphatic rings. The molecule has 0 saturated carbocycles. The highest BCUT2D eigenvalue weighted by atomic mass is 79.9. The monoisotopic (exact) mass is 655 g/mol. The van der Waals surface area contributed by atoms with Gasteiger partial charge in [-0.05, 0) is 60.0 Å². The Labute approximate surface area is 253 Å². The highest BCUT2D eigenvalue weighted by Crippen LogP contribution is 2.44. The van der Waals surface area contributed by atoms with Crippen molar-refractivity contribution in [1.82, 2.24) is 10.2 Å². The van der Waals surface area contributed by atoms with Crippen LogP contribution in [0.1, 0.15) is 36.1 Å². The average Bonchev–Trinajstić information content (AvgIpc) is 3.53. The number of ketones is 1. The summed E-state index contributed by atoms with van der Waals surface area (Å²) in [6.07, 6.45) is 0.865. The molecule has 1 amide bonds. The van der Waals surface area contributed by atoms with Crippen molar-refractivity contribution in [3.8, 4) is 5.75 Å². The smallest absolute Gasteiger partial charge is 0.301 e. The Morgan fingerprint density at radius 1 is 1.07 bits per heavy atom. The Morgan fingerprint density at radius 2 is 1.80 bits per heavy atom. The zero-order chi connectivity index (χ0) is 28.2. The molecule has 1 saturated heterocycles. The quantitative estimate of drug-likeness (QED) is 0.0650. The van der Waals surface area contributed by atoms with Gasteiger partial charge in [0.25, 0.3) is 5.78 Å². The van der Waals surface area contributed by atoms with Crippen LogP contribution < -0.4 is 9.64 Å². The largest absolute Gasteiger partial charge is 0.507 e. The number of carbonyl (C=O) groups excluding carboxylic acids is 2. The van der Waals surface area contributed by atoms with Crippen LogP contribution in [0.3, 0.4) is 0 Å². The molecule has 1 aliphatic heterocycles. The van der Waals surface area contributed by atoms with Crippen LogP contribution in [-0.4, -0.2) is 33.6 Å². The van der Waals surface area contributed by atoms with Gasteiger partial charge in [-0.1, -0.05) is 87.9 Å². The Balaban J connectivity index is 1.51. The maximum absolute atomic E-state index is 13.4. The lowest BCUT2D eigenvalue weighted by molar-refractivity contribution is -0.132. The molecular weight excluding hydrogens is 634 g/mol. The lowest BCUT2D eigenvalue weighted by atomic mass is 9.95. The normalized spacial score (nSPS) is 16.5. The molecule has 1 unspecified atom stereocenters. The van der Waals surface area contributed by atoms with Gasteiger partial charge in [-0.3, -0.25) is 14.5 Å². The van der Waals surface area contributed by atoms with Gasteiger partial charge in [-0.25, -0.2) is 0 Å². The number of anilines is 1. The van der Waals surface area contributed by atoms with Crippen LogP contribution in [0.5, 0.6) is 5.75 Å². The van der Waals surface area contributed by atoms with Crippen LogP contribution in [0.15, 0.2) is 87.2 Å². The number of halogens is 2. The Kier molecular flexibility index (Phi) is 8.90. The summed E-state index contributed by atoms with van der Waals surface area (Å²) in [5.74, 6) is -0.623. The van der Waals surface area contributed by atoms with Gasteiger partial charge in [-0.2, -0.15) is 0 Å². The number of aliphatic hydroxyl groups is 1. The number of aliphatic hydroxyl groups excluding tert-OH is 1. The zero-order valence-corrected chi connectivity index (χ0v) is 25.2. The van der Waals surface area contributed by atoms with E-state index < -0.39 is 17.7 Å². The third-order valence-electron chi connectivity index (χ3n) is 6.14. The number of aromatic nitrogens is 2. The fraction of sp³-hybridized carbons (Fsp3) is 0.172. The number of ether oxygens (including phenoxy) is 1. The molecule has 1 N–H and O–H groups in total. The first-order chi connectivity index (χ1) is 19.4. The Hall–Kier alpha value is -3.18. The number of benzene rings is 3. The molecule has 5 rings (SSSR count). The summed E-state index contributed by atoms with van der Waals surface area (Å²) in [4.78, 5) is 28.1. The summed E-state index contributed by atoms with van der Waals surface area (Å²) in [5.41, 5.74) is 1.98. The summed E-state index contributed by atoms with van der Waals surface area (Å²) in [6, 6.07) is 20.7. The van der Waals surface area contributed by atoms with Gasteiger partial charge in [-0.15, -0.1) is 10.2 Å². The van der Waals surface area contributed by atoms with E-state index in [2.05, 4.69) is 26.1 Å². The van der Waals surface area contributed by atoms with E-state index in [4.69, 9.17) is 16.3 Å². The molecule has 3 aromatic carbocycles. The highest BCUT2D eigenvalue weighted by molar-refractivity contribution is 9.10. The van der Waals surface area contributed by atoms with Gasteiger partial charge in [0.05, 0.1) is 18.2 Å². The van der Waals surface area contributed by atoms with Gasteiger partial charge >= 0.3 is 5.91 Å². The van der Waals surface area contributed by atoms with Crippen molar-refractivity contribution in [2.24, 2.45) is 0 Å². The van der Waals surface area contributed by atoms with E-state index >= 15 is 0 Å². The SMILES string of the molecule is CCCOc1ccc(/C(O)=C2/C(=O)C(=O)N(c3nnc(SCc4ccccc4Cl)s3)C2c2ccc(Br)cc2)cc1. The van der Waals surface area contributed by atoms with E-state index in [0.717, 1.165) is 16.5 Å². The number of Topliss-reactive ketones (excluding diaryl/α,β-unsaturated/α-hetero) is 1. The second-order valence-electron chi connectivity index (χ2n) is 8.82. The molecule has 1 atom stereocenters. The molecule has 1 aromatic heterocycles. The van der Waals surface area contributed by atoms with Crippen molar-refractivity contribution in [1.29, 1.82) is 0 Å². The number of carbonyl (C=O) groups is 2. The van der Waals surface area contributed by atoms with Crippen molar-refractivity contribution in [2.45, 2.75) is 29.5 Å². The molecule has 11 heteroatoms. The molecule has 204 valence electrons. The molecule has 0 aliphatic carbocycles. The van der Waals surface area contributed by atoms with E-state index in [1.54, 1.807) is 36.4 Å². The van der Waals surface area contributed by atoms with E-state index in [1.165, 1.54) is 28.0 Å². The summed E-state index contributed by atoms with van der Waals surface area (Å²) < 4.78 is 7.09. The summed E-state index contributed by atoms with van der Waals surface area (Å²) in [7, 11) is 0. The predicted molar refractivity (Wildman–Crippen MR) is 162 cm³/mol. The van der Waals surface area contributed by atoms with Crippen molar-refractivity contribution >= 4 is 73.2 Å². The van der Waals surface area contributed by atoms with Crippen molar-refractivity contribution in [3.63, 3.8) is 0 Å². The molecule has 4 aromatic rings. The fourth-order valence-electron chi connectivity index (χ4n) is 4.19. The lowest BCUT2D eigenvalue weighted by Gasteiger charge is -2.22. The first kappa shape index (κ1) is 28.4. The topological polar surface area (TPSA) is 92.6 Å². The predicted octanol–water partition coefficient (Wildman–Crippen LogP) is 7.66. The first-order valence-corrected chi connectivity index (χ1v) is 15.3. The minimum Gasteiger partial charge on any atom is -0.507 e. The van der Waals surface area contributed by atoms with Crippen LogP contribution in [0.25, 0.3) is 5.76 Å². The van der Waals surface area contributed by atoms with Gasteiger partial charge in [0.15, 0.2) is 4.34 Å². The van der Waals surface area contributed by atoms with Crippen molar-refractivity contribution in [2.75, 3.05) is 11.5 Å². The number of thioether (sulfide) groups is 1. The molecule has 40 heavy (non-hydrogen) atoms. The lowest BCUT2D eigenvalue weighted by Crippen LogP contribution is -2.29. The third kappa shape index (κ3) is 5.95. The molecule has 2 heterocycles. The number of rotatable bonds is 9. The Morgan fingerprint density at radius 3 is 2.50 bits per heavy atom. The highest BCUT2D eigenvalue weighted by Gasteiger charge is 2.48. The number of amides is 1. The second kappa shape index (κ2) is 12.6. The zero-order valence-electron chi connectivity index (χ0n) is 21.2. The third-order valence-corrected chi connectivity index (χ3v) is 9.14. The van der Waals surface area contributed by atoms with Crippen molar-refractivity contribution < 1.29 is 19.4 Å². The van der Waals surface area contributed by atoms with E-state index in [-0.39, 0.29) is 16.5 Å². The molecule has 1 fully saturated rings. The van der Waals surface area contributed by atoms with Gasteiger partial charge in [0.2, 0.25) is 5.13 Å². The molecular formula is C29H23BrClN3O4S2. The standard InChI is InChI=1S/C29H23BrClN3O4S2/c1-2-15-38-21-13-9-18(10-14-21)25(35)23-24(17-7-11-20(30)12-8-17)34(27(37)26(23)36)28-32-33-29(40-28)39-16-19-5-3-4-6-22(19)31/h3-14,24,35H,2,15-16H2,1H3/b25-23-. The summed E-state index contributed by atoms with van der Waals surface area (Å²) in [5, 5.41) is 20.8. The maximum Gasteiger partial charge on any atom is 0.301 e. The van der Waals surface area contributed by atoms with Crippen molar-refractivity contribution in [3.05, 3.63) is 105 Å². The van der Waals surface area contributed by atoms with Crippen LogP contribution in [0, 0.1) is 0 Å². The van der Waals surface area contributed by atoms with Crippen LogP contribution in [0.2, 0.25) is 5.02 Å². The second-order valence-corrected chi connectivity index (χ2v) is 12.3.